The third kappa shape index (κ3) is 3.79. The molecule has 0 aromatic heterocycles. The van der Waals surface area contributed by atoms with Gasteiger partial charge in [-0.25, -0.2) is 4.21 Å². The Bertz CT molecular complexity index is 410. The number of anilines is 1. The molecule has 1 aromatic carbocycles. The molecule has 1 atom stereocenters. The second kappa shape index (κ2) is 6.31. The first-order chi connectivity index (χ1) is 8.08. The van der Waals surface area contributed by atoms with Gasteiger partial charge >= 0.3 is 0 Å². The molecule has 0 aliphatic carbocycles. The van der Waals surface area contributed by atoms with Gasteiger partial charge in [-0.1, -0.05) is 0 Å². The lowest BCUT2D eigenvalue weighted by molar-refractivity contribution is 0.319. The molecular formula is C10H14NO5S-. The number of hydrogen-bond donors (Lipinski definition) is 1. The van der Waals surface area contributed by atoms with Crippen molar-refractivity contribution >= 4 is 17.0 Å². The van der Waals surface area contributed by atoms with Crippen LogP contribution in [0.2, 0.25) is 0 Å². The molecule has 0 radical (unpaired) electrons. The highest BCUT2D eigenvalue weighted by Gasteiger charge is 2.11. The summed E-state index contributed by atoms with van der Waals surface area (Å²) in [5.41, 5.74) is 6.08. The predicted molar refractivity (Wildman–Crippen MR) is 62.7 cm³/mol. The number of hydrogen-bond acceptors (Lipinski definition) is 6. The van der Waals surface area contributed by atoms with Crippen molar-refractivity contribution in [3.8, 4) is 17.2 Å². The summed E-state index contributed by atoms with van der Waals surface area (Å²) in [6, 6.07) is 2.86. The minimum absolute atomic E-state index is 0.0535. The molecule has 96 valence electrons. The summed E-state index contributed by atoms with van der Waals surface area (Å²) in [7, 11) is 0. The van der Waals surface area contributed by atoms with Crippen molar-refractivity contribution < 1.29 is 22.4 Å². The third-order valence-corrected chi connectivity index (χ3v) is 2.15. The Balaban J connectivity index is 3.11. The van der Waals surface area contributed by atoms with Crippen LogP contribution in [0, 0.1) is 0 Å². The van der Waals surface area contributed by atoms with Crippen LogP contribution < -0.4 is 19.4 Å². The average molecular weight is 260 g/mol. The summed E-state index contributed by atoms with van der Waals surface area (Å²) in [6.07, 6.45) is 0. The van der Waals surface area contributed by atoms with E-state index in [0.717, 1.165) is 0 Å². The van der Waals surface area contributed by atoms with E-state index in [1.54, 1.807) is 13.8 Å². The summed E-state index contributed by atoms with van der Waals surface area (Å²) >= 11 is -2.68. The first-order valence-electron chi connectivity index (χ1n) is 5.05. The maximum atomic E-state index is 10.5. The Morgan fingerprint density at radius 3 is 2.29 bits per heavy atom. The van der Waals surface area contributed by atoms with E-state index in [0.29, 0.717) is 24.7 Å². The number of benzene rings is 1. The van der Waals surface area contributed by atoms with Crippen molar-refractivity contribution in [3.05, 3.63) is 12.1 Å². The highest BCUT2D eigenvalue weighted by Crippen LogP contribution is 2.37. The molecule has 1 aromatic rings. The molecule has 0 saturated heterocycles. The van der Waals surface area contributed by atoms with Gasteiger partial charge in [0.2, 0.25) is 0 Å². The van der Waals surface area contributed by atoms with E-state index >= 15 is 0 Å². The van der Waals surface area contributed by atoms with Crippen LogP contribution in [0.5, 0.6) is 17.2 Å². The standard InChI is InChI=1S/C10H15NO5S/c1-3-14-8-6-10(16-17(12)13)9(15-4-2)5-7(8)11/h5-6H,3-4,11H2,1-2H3,(H,12,13)/p-1. The molecule has 17 heavy (non-hydrogen) atoms. The van der Waals surface area contributed by atoms with Gasteiger partial charge in [-0.3, -0.25) is 0 Å². The van der Waals surface area contributed by atoms with Gasteiger partial charge < -0.3 is 23.9 Å². The molecule has 0 bridgehead atoms. The molecule has 0 heterocycles. The summed E-state index contributed by atoms with van der Waals surface area (Å²) in [5, 5.41) is 0. The highest BCUT2D eigenvalue weighted by molar-refractivity contribution is 7.74. The number of nitrogen functional groups attached to an aromatic ring is 1. The Morgan fingerprint density at radius 1 is 1.18 bits per heavy atom. The molecule has 7 heteroatoms. The lowest BCUT2D eigenvalue weighted by Gasteiger charge is -2.15. The maximum Gasteiger partial charge on any atom is 0.184 e. The quantitative estimate of drug-likeness (QED) is 0.611. The zero-order chi connectivity index (χ0) is 12.8. The SMILES string of the molecule is CCOc1cc(OS(=O)[O-])c(OCC)cc1N. The molecule has 0 fully saturated rings. The Labute approximate surface area is 102 Å². The van der Waals surface area contributed by atoms with Crippen LogP contribution >= 0.6 is 0 Å². The Morgan fingerprint density at radius 2 is 1.76 bits per heavy atom. The largest absolute Gasteiger partial charge is 0.740 e. The Hall–Kier alpha value is -1.47. The van der Waals surface area contributed by atoms with E-state index in [1.807, 2.05) is 0 Å². The summed E-state index contributed by atoms with van der Waals surface area (Å²) in [4.78, 5) is 0. The van der Waals surface area contributed by atoms with E-state index in [-0.39, 0.29) is 11.5 Å². The fraction of sp³-hybridized carbons (Fsp3) is 0.400. The molecule has 1 unspecified atom stereocenters. The van der Waals surface area contributed by atoms with E-state index in [4.69, 9.17) is 15.2 Å². The van der Waals surface area contributed by atoms with Crippen LogP contribution in [0.25, 0.3) is 0 Å². The van der Waals surface area contributed by atoms with Gasteiger partial charge in [0.1, 0.15) is 17.1 Å². The molecule has 1 rings (SSSR count). The van der Waals surface area contributed by atoms with Crippen molar-refractivity contribution in [1.29, 1.82) is 0 Å². The van der Waals surface area contributed by atoms with Gasteiger partial charge in [0.15, 0.2) is 11.5 Å². The summed E-state index contributed by atoms with van der Waals surface area (Å²) in [6.45, 7) is 4.35. The smallest absolute Gasteiger partial charge is 0.184 e. The molecular weight excluding hydrogens is 246 g/mol. The molecule has 0 aliphatic heterocycles. The van der Waals surface area contributed by atoms with Crippen LogP contribution in [0.4, 0.5) is 5.69 Å². The topological polar surface area (TPSA) is 93.8 Å². The molecule has 0 spiro atoms. The van der Waals surface area contributed by atoms with Crippen molar-refractivity contribution in [3.63, 3.8) is 0 Å². The number of nitrogens with two attached hydrogens (primary N) is 1. The normalized spacial score (nSPS) is 11.9. The van der Waals surface area contributed by atoms with E-state index < -0.39 is 11.4 Å². The van der Waals surface area contributed by atoms with Crippen molar-refractivity contribution in [2.24, 2.45) is 0 Å². The van der Waals surface area contributed by atoms with Crippen LogP contribution in [0.3, 0.4) is 0 Å². The third-order valence-electron chi connectivity index (χ3n) is 1.83. The zero-order valence-electron chi connectivity index (χ0n) is 9.60. The fourth-order valence-corrected chi connectivity index (χ4v) is 1.52. The fourth-order valence-electron chi connectivity index (χ4n) is 1.24. The van der Waals surface area contributed by atoms with Crippen molar-refractivity contribution in [2.45, 2.75) is 13.8 Å². The monoisotopic (exact) mass is 260 g/mol. The lowest BCUT2D eigenvalue weighted by Crippen LogP contribution is -2.04. The Kier molecular flexibility index (Phi) is 5.05. The molecule has 0 aliphatic rings. The maximum absolute atomic E-state index is 10.5. The van der Waals surface area contributed by atoms with Gasteiger partial charge in [0, 0.05) is 12.1 Å². The average Bonchev–Trinajstić information content (AvgIpc) is 2.24. The molecule has 0 amide bonds. The number of rotatable bonds is 6. The van der Waals surface area contributed by atoms with Gasteiger partial charge in [0.05, 0.1) is 18.9 Å². The molecule has 0 saturated carbocycles. The van der Waals surface area contributed by atoms with Crippen LogP contribution in [0.15, 0.2) is 12.1 Å². The number of ether oxygens (including phenoxy) is 2. The first-order valence-corrected chi connectivity index (χ1v) is 6.05. The van der Waals surface area contributed by atoms with Gasteiger partial charge in [-0.2, -0.15) is 0 Å². The minimum Gasteiger partial charge on any atom is -0.740 e. The molecule has 2 N–H and O–H groups in total. The predicted octanol–water partition coefficient (Wildman–Crippen LogP) is 1.24. The summed E-state index contributed by atoms with van der Waals surface area (Å²) in [5.74, 6) is 0.673. The van der Waals surface area contributed by atoms with Gasteiger partial charge in [0.25, 0.3) is 0 Å². The second-order valence-electron chi connectivity index (χ2n) is 2.99. The van der Waals surface area contributed by atoms with Crippen LogP contribution in [-0.4, -0.2) is 22.0 Å². The minimum atomic E-state index is -2.68. The van der Waals surface area contributed by atoms with Crippen molar-refractivity contribution in [1.82, 2.24) is 0 Å². The lowest BCUT2D eigenvalue weighted by atomic mass is 10.2. The highest BCUT2D eigenvalue weighted by atomic mass is 32.2. The van der Waals surface area contributed by atoms with E-state index in [9.17, 15) is 8.76 Å². The molecule has 6 nitrogen and oxygen atoms in total. The van der Waals surface area contributed by atoms with E-state index in [2.05, 4.69) is 4.18 Å². The van der Waals surface area contributed by atoms with Gasteiger partial charge in [-0.05, 0) is 13.8 Å². The van der Waals surface area contributed by atoms with Gasteiger partial charge in [-0.15, -0.1) is 0 Å². The van der Waals surface area contributed by atoms with Crippen molar-refractivity contribution in [2.75, 3.05) is 18.9 Å². The zero-order valence-corrected chi connectivity index (χ0v) is 10.4. The van der Waals surface area contributed by atoms with Crippen LogP contribution in [-0.2, 0) is 11.4 Å². The van der Waals surface area contributed by atoms with Crippen LogP contribution in [0.1, 0.15) is 13.8 Å². The first kappa shape index (κ1) is 13.6. The summed E-state index contributed by atoms with van der Waals surface area (Å²) < 4.78 is 36.1. The second-order valence-corrected chi connectivity index (χ2v) is 3.57. The van der Waals surface area contributed by atoms with E-state index in [1.165, 1.54) is 12.1 Å².